The maximum absolute atomic E-state index is 12.6. The SMILES string of the molecule is O=C(CCc1nc2ccccc2[nH]1)N1CC[C@H](c2noc(-c3ccco3)n2)C1. The number of carbonyl (C=O) groups is 1. The van der Waals surface area contributed by atoms with Gasteiger partial charge in [-0.1, -0.05) is 17.3 Å². The van der Waals surface area contributed by atoms with Crippen LogP contribution in [0.15, 0.2) is 51.6 Å². The number of likely N-dealkylation sites (tertiary alicyclic amines) is 1. The van der Waals surface area contributed by atoms with Crippen LogP contribution in [-0.2, 0) is 11.2 Å². The molecule has 28 heavy (non-hydrogen) atoms. The normalized spacial score (nSPS) is 16.9. The summed E-state index contributed by atoms with van der Waals surface area (Å²) in [7, 11) is 0. The lowest BCUT2D eigenvalue weighted by molar-refractivity contribution is -0.130. The Morgan fingerprint density at radius 1 is 1.21 bits per heavy atom. The standard InChI is InChI=1S/C20H19N5O3/c26-18(8-7-17-21-14-4-1-2-5-15(14)22-17)25-10-9-13(12-25)19-23-20(28-24-19)16-6-3-11-27-16/h1-6,11,13H,7-10,12H2,(H,21,22)/t13-/m0/s1. The predicted octanol–water partition coefficient (Wildman–Crippen LogP) is 3.15. The third kappa shape index (κ3) is 3.17. The highest BCUT2D eigenvalue weighted by Crippen LogP contribution is 2.28. The number of para-hydroxylation sites is 2. The third-order valence-corrected chi connectivity index (χ3v) is 5.09. The number of imidazole rings is 1. The van der Waals surface area contributed by atoms with E-state index < -0.39 is 0 Å². The molecule has 1 aliphatic rings. The van der Waals surface area contributed by atoms with Crippen molar-refractivity contribution in [3.05, 3.63) is 54.3 Å². The number of furan rings is 1. The van der Waals surface area contributed by atoms with Crippen LogP contribution >= 0.6 is 0 Å². The first-order chi connectivity index (χ1) is 13.8. The number of nitrogens with one attached hydrogen (secondary N) is 1. The van der Waals surface area contributed by atoms with E-state index in [0.717, 1.165) is 23.3 Å². The van der Waals surface area contributed by atoms with Gasteiger partial charge >= 0.3 is 0 Å². The number of hydrogen-bond donors (Lipinski definition) is 1. The number of carbonyl (C=O) groups excluding carboxylic acids is 1. The number of benzene rings is 1. The van der Waals surface area contributed by atoms with Gasteiger partial charge in [-0.25, -0.2) is 4.98 Å². The van der Waals surface area contributed by atoms with Gasteiger partial charge in [-0.3, -0.25) is 4.79 Å². The number of amides is 1. The Hall–Kier alpha value is -3.42. The molecule has 1 N–H and O–H groups in total. The van der Waals surface area contributed by atoms with Crippen molar-refractivity contribution in [2.45, 2.75) is 25.2 Å². The average molecular weight is 377 g/mol. The van der Waals surface area contributed by atoms with Crippen LogP contribution in [0.5, 0.6) is 0 Å². The van der Waals surface area contributed by atoms with Crippen LogP contribution < -0.4 is 0 Å². The first-order valence-electron chi connectivity index (χ1n) is 9.35. The van der Waals surface area contributed by atoms with E-state index in [1.54, 1.807) is 18.4 Å². The van der Waals surface area contributed by atoms with Gasteiger partial charge in [0.2, 0.25) is 5.91 Å². The molecular formula is C20H19N5O3. The van der Waals surface area contributed by atoms with E-state index in [1.165, 1.54) is 0 Å². The fourth-order valence-electron chi connectivity index (χ4n) is 3.61. The summed E-state index contributed by atoms with van der Waals surface area (Å²) in [5, 5.41) is 4.07. The molecule has 8 nitrogen and oxygen atoms in total. The molecule has 1 amide bonds. The lowest BCUT2D eigenvalue weighted by Crippen LogP contribution is -2.28. The Kier molecular flexibility index (Phi) is 4.16. The van der Waals surface area contributed by atoms with E-state index in [9.17, 15) is 4.79 Å². The van der Waals surface area contributed by atoms with Gasteiger partial charge in [0.15, 0.2) is 11.6 Å². The van der Waals surface area contributed by atoms with E-state index >= 15 is 0 Å². The van der Waals surface area contributed by atoms with Crippen LogP contribution in [0.4, 0.5) is 0 Å². The fourth-order valence-corrected chi connectivity index (χ4v) is 3.61. The molecule has 0 saturated carbocycles. The topological polar surface area (TPSA) is 101 Å². The van der Waals surface area contributed by atoms with Crippen molar-refractivity contribution in [2.24, 2.45) is 0 Å². The van der Waals surface area contributed by atoms with E-state index in [2.05, 4.69) is 20.1 Å². The molecule has 8 heteroatoms. The van der Waals surface area contributed by atoms with Gasteiger partial charge in [-0.05, 0) is 30.7 Å². The number of aryl methyl sites for hydroxylation is 1. The minimum atomic E-state index is 0.0858. The van der Waals surface area contributed by atoms with E-state index in [1.807, 2.05) is 29.2 Å². The molecule has 0 bridgehead atoms. The summed E-state index contributed by atoms with van der Waals surface area (Å²) in [5.74, 6) is 2.59. The molecule has 0 unspecified atom stereocenters. The van der Waals surface area contributed by atoms with E-state index in [-0.39, 0.29) is 11.8 Å². The monoisotopic (exact) mass is 377 g/mol. The Morgan fingerprint density at radius 3 is 3.00 bits per heavy atom. The zero-order chi connectivity index (χ0) is 18.9. The summed E-state index contributed by atoms with van der Waals surface area (Å²) < 4.78 is 10.6. The van der Waals surface area contributed by atoms with Crippen LogP contribution in [0.25, 0.3) is 22.7 Å². The second-order valence-corrected chi connectivity index (χ2v) is 6.96. The molecule has 1 atom stereocenters. The maximum atomic E-state index is 12.6. The lowest BCUT2D eigenvalue weighted by atomic mass is 10.1. The molecule has 0 radical (unpaired) electrons. The Morgan fingerprint density at radius 2 is 2.14 bits per heavy atom. The first kappa shape index (κ1) is 16.7. The molecule has 3 aromatic heterocycles. The van der Waals surface area contributed by atoms with Crippen LogP contribution in [0.1, 0.15) is 30.4 Å². The molecule has 4 heterocycles. The Bertz CT molecular complexity index is 1070. The van der Waals surface area contributed by atoms with Gasteiger partial charge in [0.25, 0.3) is 5.89 Å². The van der Waals surface area contributed by atoms with Crippen molar-refractivity contribution in [1.82, 2.24) is 25.0 Å². The largest absolute Gasteiger partial charge is 0.459 e. The second kappa shape index (κ2) is 6.95. The number of rotatable bonds is 5. The van der Waals surface area contributed by atoms with Crippen molar-refractivity contribution >= 4 is 16.9 Å². The summed E-state index contributed by atoms with van der Waals surface area (Å²) in [4.78, 5) is 26.7. The molecule has 142 valence electrons. The first-order valence-corrected chi connectivity index (χ1v) is 9.35. The minimum absolute atomic E-state index is 0.0858. The molecule has 1 aliphatic heterocycles. The molecule has 4 aromatic rings. The molecule has 1 aromatic carbocycles. The quantitative estimate of drug-likeness (QED) is 0.573. The highest BCUT2D eigenvalue weighted by Gasteiger charge is 2.30. The summed E-state index contributed by atoms with van der Waals surface area (Å²) in [6.07, 6.45) is 3.42. The minimum Gasteiger partial charge on any atom is -0.459 e. The van der Waals surface area contributed by atoms with Gasteiger partial charge in [0.1, 0.15) is 5.82 Å². The van der Waals surface area contributed by atoms with Gasteiger partial charge < -0.3 is 18.8 Å². The fraction of sp³-hybridized carbons (Fsp3) is 0.300. The van der Waals surface area contributed by atoms with Crippen molar-refractivity contribution < 1.29 is 13.7 Å². The summed E-state index contributed by atoms with van der Waals surface area (Å²) in [6, 6.07) is 11.4. The molecule has 0 spiro atoms. The Labute approximate surface area is 160 Å². The molecule has 1 saturated heterocycles. The number of hydrogen-bond acceptors (Lipinski definition) is 6. The third-order valence-electron chi connectivity index (χ3n) is 5.09. The van der Waals surface area contributed by atoms with E-state index in [4.69, 9.17) is 8.94 Å². The highest BCUT2D eigenvalue weighted by atomic mass is 16.5. The van der Waals surface area contributed by atoms with Crippen molar-refractivity contribution in [1.29, 1.82) is 0 Å². The molecular weight excluding hydrogens is 358 g/mol. The van der Waals surface area contributed by atoms with Crippen LogP contribution in [0.2, 0.25) is 0 Å². The second-order valence-electron chi connectivity index (χ2n) is 6.96. The van der Waals surface area contributed by atoms with Crippen LogP contribution in [-0.4, -0.2) is 44.0 Å². The lowest BCUT2D eigenvalue weighted by Gasteiger charge is -2.15. The average Bonchev–Trinajstić information content (AvgIpc) is 3.50. The predicted molar refractivity (Wildman–Crippen MR) is 100 cm³/mol. The maximum Gasteiger partial charge on any atom is 0.293 e. The van der Waals surface area contributed by atoms with Crippen LogP contribution in [0, 0.1) is 0 Å². The van der Waals surface area contributed by atoms with E-state index in [0.29, 0.717) is 43.4 Å². The number of aromatic nitrogens is 4. The van der Waals surface area contributed by atoms with Gasteiger partial charge in [0, 0.05) is 31.8 Å². The molecule has 0 aliphatic carbocycles. The number of aromatic amines is 1. The Balaban J connectivity index is 1.19. The number of H-pyrrole nitrogens is 1. The van der Waals surface area contributed by atoms with Gasteiger partial charge in [-0.15, -0.1) is 0 Å². The molecule has 5 rings (SSSR count). The molecule has 1 fully saturated rings. The zero-order valence-corrected chi connectivity index (χ0v) is 15.2. The van der Waals surface area contributed by atoms with Crippen molar-refractivity contribution in [2.75, 3.05) is 13.1 Å². The van der Waals surface area contributed by atoms with Gasteiger partial charge in [0.05, 0.1) is 17.3 Å². The zero-order valence-electron chi connectivity index (χ0n) is 15.2. The van der Waals surface area contributed by atoms with Crippen molar-refractivity contribution in [3.63, 3.8) is 0 Å². The summed E-state index contributed by atoms with van der Waals surface area (Å²) in [5.41, 5.74) is 1.92. The smallest absolute Gasteiger partial charge is 0.293 e. The summed E-state index contributed by atoms with van der Waals surface area (Å²) >= 11 is 0. The van der Waals surface area contributed by atoms with Crippen LogP contribution in [0.3, 0.4) is 0 Å². The summed E-state index contributed by atoms with van der Waals surface area (Å²) in [6.45, 7) is 1.31. The van der Waals surface area contributed by atoms with Gasteiger partial charge in [-0.2, -0.15) is 4.98 Å². The number of nitrogens with zero attached hydrogens (tertiary/aromatic N) is 4. The number of fused-ring (bicyclic) bond motifs is 1. The van der Waals surface area contributed by atoms with Crippen molar-refractivity contribution in [3.8, 4) is 11.7 Å². The highest BCUT2D eigenvalue weighted by molar-refractivity contribution is 5.77.